The van der Waals surface area contributed by atoms with Crippen molar-refractivity contribution in [3.8, 4) is 0 Å². The second-order valence-electron chi connectivity index (χ2n) is 8.31. The van der Waals surface area contributed by atoms with Crippen LogP contribution in [-0.2, 0) is 30.4 Å². The minimum absolute atomic E-state index is 0.00507. The lowest BCUT2D eigenvalue weighted by atomic mass is 9.80. The smallest absolute Gasteiger partial charge is 0.303 e. The number of hydrogen-bond donors (Lipinski definition) is 3. The Morgan fingerprint density at radius 1 is 1.12 bits per heavy atom. The maximum Gasteiger partial charge on any atom is 0.303 e. The fourth-order valence-electron chi connectivity index (χ4n) is 4.26. The summed E-state index contributed by atoms with van der Waals surface area (Å²) in [6.07, 6.45) is 0.413. The molecule has 0 saturated carbocycles. The highest BCUT2D eigenvalue weighted by molar-refractivity contribution is 7.90. The zero-order chi connectivity index (χ0) is 24.1. The molecule has 3 rings (SSSR count). The molecule has 0 spiro atoms. The lowest BCUT2D eigenvalue weighted by molar-refractivity contribution is -0.439. The Morgan fingerprint density at radius 2 is 1.78 bits per heavy atom. The van der Waals surface area contributed by atoms with Crippen LogP contribution < -0.4 is 4.72 Å². The largest absolute Gasteiger partial charge is 0.481 e. The van der Waals surface area contributed by atoms with Gasteiger partial charge in [-0.05, 0) is 37.4 Å². The molecule has 0 aromatic heterocycles. The predicted octanol–water partition coefficient (Wildman–Crippen LogP) is 2.65. The summed E-state index contributed by atoms with van der Waals surface area (Å²) in [6, 6.07) is 5.65. The van der Waals surface area contributed by atoms with Crippen molar-refractivity contribution in [3.05, 3.63) is 29.8 Å². The van der Waals surface area contributed by atoms with Gasteiger partial charge < -0.3 is 5.11 Å². The van der Waals surface area contributed by atoms with Gasteiger partial charge in [0.25, 0.3) is 10.1 Å². The second kappa shape index (κ2) is 8.22. The van der Waals surface area contributed by atoms with E-state index in [1.165, 1.54) is 6.07 Å². The van der Waals surface area contributed by atoms with Gasteiger partial charge in [0.05, 0.1) is 21.6 Å². The van der Waals surface area contributed by atoms with E-state index in [2.05, 4.69) is 4.72 Å². The summed E-state index contributed by atoms with van der Waals surface area (Å²) in [4.78, 5) is 10.2. The summed E-state index contributed by atoms with van der Waals surface area (Å²) >= 11 is 0. The highest BCUT2D eigenvalue weighted by atomic mass is 32.2. The first-order valence-electron chi connectivity index (χ1n) is 10.1. The van der Waals surface area contributed by atoms with Gasteiger partial charge in [0.2, 0.25) is 15.7 Å². The van der Waals surface area contributed by atoms with Crippen molar-refractivity contribution in [2.45, 2.75) is 55.7 Å². The Hall–Kier alpha value is -2.34. The topological polar surface area (TPSA) is 141 Å². The van der Waals surface area contributed by atoms with Gasteiger partial charge >= 0.3 is 5.97 Å². The average Bonchev–Trinajstić information content (AvgIpc) is 2.86. The van der Waals surface area contributed by atoms with Crippen LogP contribution in [0.2, 0.25) is 0 Å². The number of carboxylic acids is 1. The molecule has 2 aromatic carbocycles. The number of carboxylic acid groups (broad SMARTS) is 1. The minimum atomic E-state index is -4.68. The summed E-state index contributed by atoms with van der Waals surface area (Å²) in [5, 5.41) is 9.72. The number of sulfonamides is 1. The molecule has 0 atom stereocenters. The van der Waals surface area contributed by atoms with E-state index in [-0.39, 0.29) is 17.9 Å². The van der Waals surface area contributed by atoms with Gasteiger partial charge in [-0.2, -0.15) is 13.0 Å². The van der Waals surface area contributed by atoms with Crippen LogP contribution in [0.5, 0.6) is 0 Å². The summed E-state index contributed by atoms with van der Waals surface area (Å²) in [7, 11) is -8.71. The molecular formula is C21H27N2O7S2+. The van der Waals surface area contributed by atoms with Crippen LogP contribution in [0.3, 0.4) is 0 Å². The maximum atomic E-state index is 12.9. The fourth-order valence-corrected chi connectivity index (χ4v) is 6.15. The molecule has 9 nitrogen and oxygen atoms in total. The zero-order valence-corrected chi connectivity index (χ0v) is 20.0. The molecule has 3 N–H and O–H groups in total. The highest BCUT2D eigenvalue weighted by Gasteiger charge is 2.44. The molecule has 0 radical (unpaired) electrons. The van der Waals surface area contributed by atoms with Crippen LogP contribution >= 0.6 is 0 Å². The summed E-state index contributed by atoms with van der Waals surface area (Å²) in [5.41, 5.74) is 1.82. The molecule has 0 fully saturated rings. The van der Waals surface area contributed by atoms with E-state index in [1.54, 1.807) is 19.1 Å². The van der Waals surface area contributed by atoms with Crippen molar-refractivity contribution < 1.29 is 35.9 Å². The first kappa shape index (κ1) is 24.3. The molecule has 1 aliphatic rings. The molecule has 0 aliphatic carbocycles. The van der Waals surface area contributed by atoms with Crippen LogP contribution in [-0.4, -0.2) is 55.8 Å². The van der Waals surface area contributed by atoms with E-state index in [0.29, 0.717) is 23.7 Å². The van der Waals surface area contributed by atoms with E-state index in [1.807, 2.05) is 25.3 Å². The molecule has 174 valence electrons. The molecule has 0 bridgehead atoms. The third-order valence-corrected chi connectivity index (χ3v) is 8.39. The van der Waals surface area contributed by atoms with Gasteiger partial charge in [-0.3, -0.25) is 9.35 Å². The summed E-state index contributed by atoms with van der Waals surface area (Å²) in [5.74, 6) is -0.893. The molecule has 0 saturated heterocycles. The molecule has 11 heteroatoms. The van der Waals surface area contributed by atoms with Gasteiger partial charge in [-0.1, -0.05) is 6.92 Å². The van der Waals surface area contributed by atoms with Gasteiger partial charge in [0.15, 0.2) is 5.71 Å². The minimum Gasteiger partial charge on any atom is -0.481 e. The van der Waals surface area contributed by atoms with E-state index in [9.17, 15) is 26.2 Å². The number of rotatable bonds is 8. The average molecular weight is 484 g/mol. The van der Waals surface area contributed by atoms with Gasteiger partial charge in [0, 0.05) is 36.9 Å². The van der Waals surface area contributed by atoms with Gasteiger partial charge in [0.1, 0.15) is 6.54 Å². The van der Waals surface area contributed by atoms with Crippen molar-refractivity contribution in [2.24, 2.45) is 0 Å². The van der Waals surface area contributed by atoms with Crippen LogP contribution in [0.4, 0.5) is 5.69 Å². The van der Waals surface area contributed by atoms with Gasteiger partial charge in [-0.25, -0.2) is 13.1 Å². The first-order valence-corrected chi connectivity index (χ1v) is 13.1. The van der Waals surface area contributed by atoms with E-state index in [0.717, 1.165) is 23.0 Å². The predicted molar refractivity (Wildman–Crippen MR) is 120 cm³/mol. The number of aliphatic carboxylic acids is 1. The van der Waals surface area contributed by atoms with Crippen LogP contribution in [0.15, 0.2) is 34.1 Å². The SMILES string of the molecule is CCNS(=O)(=O)c1cc(S(=O)(=O)O)cc2c3c(ccc12)[N+](CCCC(=O)O)=C(C)C3(C)C. The molecule has 2 aromatic rings. The zero-order valence-electron chi connectivity index (χ0n) is 18.3. The Balaban J connectivity index is 2.36. The number of fused-ring (bicyclic) bond motifs is 3. The Kier molecular flexibility index (Phi) is 6.24. The van der Waals surface area contributed by atoms with Crippen molar-refractivity contribution in [2.75, 3.05) is 13.1 Å². The number of hydrogen-bond acceptors (Lipinski definition) is 5. The van der Waals surface area contributed by atoms with Crippen LogP contribution in [0.1, 0.15) is 46.1 Å². The van der Waals surface area contributed by atoms with Crippen molar-refractivity contribution >= 4 is 48.3 Å². The van der Waals surface area contributed by atoms with Crippen molar-refractivity contribution in [1.82, 2.24) is 4.72 Å². The third-order valence-electron chi connectivity index (χ3n) is 5.97. The van der Waals surface area contributed by atoms with Crippen LogP contribution in [0.25, 0.3) is 10.8 Å². The standard InChI is InChI=1S/C21H26N2O7S2/c1-5-22-31(26,27)18-12-14(32(28,29)30)11-16-15(18)8-9-17-20(16)21(3,4)13(2)23(17)10-6-7-19(24)25/h8-9,11-12,22H,5-7,10H2,1-4H3,(H-,24,25,28,29,30)/p+1. The first-order chi connectivity index (χ1) is 14.7. The van der Waals surface area contributed by atoms with E-state index >= 15 is 0 Å². The number of nitrogens with one attached hydrogen (secondary N) is 1. The second-order valence-corrected chi connectivity index (χ2v) is 11.5. The van der Waals surface area contributed by atoms with E-state index < -0.39 is 36.4 Å². The lowest BCUT2D eigenvalue weighted by Gasteiger charge is -2.19. The highest BCUT2D eigenvalue weighted by Crippen LogP contribution is 2.45. The molecule has 0 amide bonds. The third kappa shape index (κ3) is 4.17. The monoisotopic (exact) mass is 483 g/mol. The molecule has 0 unspecified atom stereocenters. The fraction of sp³-hybridized carbons (Fsp3) is 0.429. The van der Waals surface area contributed by atoms with Crippen molar-refractivity contribution in [3.63, 3.8) is 0 Å². The summed E-state index contributed by atoms with van der Waals surface area (Å²) < 4.78 is 63.7. The number of benzene rings is 2. The quantitative estimate of drug-likeness (QED) is 0.387. The Labute approximate surface area is 187 Å². The molecule has 1 aliphatic heterocycles. The lowest BCUT2D eigenvalue weighted by Crippen LogP contribution is -2.27. The molecule has 32 heavy (non-hydrogen) atoms. The molecular weight excluding hydrogens is 456 g/mol. The number of carbonyl (C=O) groups is 1. The van der Waals surface area contributed by atoms with Crippen molar-refractivity contribution in [1.29, 1.82) is 0 Å². The normalized spacial score (nSPS) is 15.9. The van der Waals surface area contributed by atoms with Gasteiger partial charge in [-0.15, -0.1) is 0 Å². The van der Waals surface area contributed by atoms with E-state index in [4.69, 9.17) is 5.11 Å². The molecule has 1 heterocycles. The number of nitrogens with zero attached hydrogens (tertiary/aromatic N) is 1. The summed E-state index contributed by atoms with van der Waals surface area (Å²) in [6.45, 7) is 7.96. The Morgan fingerprint density at radius 3 is 2.34 bits per heavy atom. The Bertz CT molecular complexity index is 1360. The van der Waals surface area contributed by atoms with Crippen LogP contribution in [0, 0.1) is 0 Å². The maximum absolute atomic E-state index is 12.9.